The normalized spacial score (nSPS) is 17.7. The Bertz CT molecular complexity index is 921. The second-order valence-corrected chi connectivity index (χ2v) is 5.99. The summed E-state index contributed by atoms with van der Waals surface area (Å²) in [4.78, 5) is 31.1. The first-order chi connectivity index (χ1) is 12.2. The highest BCUT2D eigenvalue weighted by molar-refractivity contribution is 6.07. The number of nitrogens with one attached hydrogen (secondary N) is 2. The summed E-state index contributed by atoms with van der Waals surface area (Å²) < 4.78 is 0. The summed E-state index contributed by atoms with van der Waals surface area (Å²) in [7, 11) is 0. The number of aromatic nitrogens is 3. The van der Waals surface area contributed by atoms with Gasteiger partial charge in [-0.1, -0.05) is 18.2 Å². The molecule has 126 valence electrons. The van der Waals surface area contributed by atoms with Crippen LogP contribution < -0.4 is 10.2 Å². The third-order valence-corrected chi connectivity index (χ3v) is 4.39. The number of pyridine rings is 1. The van der Waals surface area contributed by atoms with E-state index >= 15 is 0 Å². The van der Waals surface area contributed by atoms with Crippen LogP contribution in [0.2, 0.25) is 0 Å². The molecular formula is C18H17N5O2. The van der Waals surface area contributed by atoms with E-state index in [1.165, 1.54) is 0 Å². The van der Waals surface area contributed by atoms with Crippen LogP contribution in [0.5, 0.6) is 0 Å². The van der Waals surface area contributed by atoms with Crippen LogP contribution in [0.15, 0.2) is 48.8 Å². The van der Waals surface area contributed by atoms with Gasteiger partial charge in [-0.25, -0.2) is 0 Å². The van der Waals surface area contributed by atoms with E-state index in [0.717, 1.165) is 23.0 Å². The Kier molecular flexibility index (Phi) is 3.89. The summed E-state index contributed by atoms with van der Waals surface area (Å²) in [6.45, 7) is 0.627. The molecule has 2 N–H and O–H groups in total. The van der Waals surface area contributed by atoms with E-state index in [2.05, 4.69) is 20.5 Å². The van der Waals surface area contributed by atoms with Crippen molar-refractivity contribution in [1.82, 2.24) is 20.5 Å². The number of piperidine rings is 1. The van der Waals surface area contributed by atoms with Crippen LogP contribution in [-0.2, 0) is 4.79 Å². The highest BCUT2D eigenvalue weighted by Crippen LogP contribution is 2.21. The molecule has 0 saturated carbocycles. The largest absolute Gasteiger partial charge is 0.339 e. The fourth-order valence-electron chi connectivity index (χ4n) is 3.14. The van der Waals surface area contributed by atoms with Gasteiger partial charge in [0.05, 0.1) is 17.4 Å². The Labute approximate surface area is 144 Å². The van der Waals surface area contributed by atoms with Gasteiger partial charge in [0.25, 0.3) is 5.91 Å². The molecule has 0 bridgehead atoms. The van der Waals surface area contributed by atoms with Crippen molar-refractivity contribution < 1.29 is 9.59 Å². The highest BCUT2D eigenvalue weighted by atomic mass is 16.2. The number of hydrogen-bond donors (Lipinski definition) is 2. The molecule has 3 heterocycles. The lowest BCUT2D eigenvalue weighted by Crippen LogP contribution is -2.52. The molecule has 2 amide bonds. The van der Waals surface area contributed by atoms with E-state index in [9.17, 15) is 9.59 Å². The number of hydrogen-bond acceptors (Lipinski definition) is 4. The zero-order chi connectivity index (χ0) is 17.2. The number of nitrogens with zero attached hydrogens (tertiary/aromatic N) is 3. The number of carbonyl (C=O) groups excluding carboxylic acids is 2. The number of para-hydroxylation sites is 1. The van der Waals surface area contributed by atoms with Crippen LogP contribution in [0.3, 0.4) is 0 Å². The third kappa shape index (κ3) is 2.84. The predicted octanol–water partition coefficient (Wildman–Crippen LogP) is 1.88. The summed E-state index contributed by atoms with van der Waals surface area (Å²) >= 11 is 0. The maximum atomic E-state index is 12.7. The van der Waals surface area contributed by atoms with E-state index in [1.54, 1.807) is 23.4 Å². The maximum absolute atomic E-state index is 12.7. The van der Waals surface area contributed by atoms with Crippen LogP contribution in [-0.4, -0.2) is 39.6 Å². The van der Waals surface area contributed by atoms with Crippen LogP contribution in [0.4, 0.5) is 5.69 Å². The monoisotopic (exact) mass is 335 g/mol. The van der Waals surface area contributed by atoms with Crippen molar-refractivity contribution >= 4 is 28.4 Å². The van der Waals surface area contributed by atoms with Crippen molar-refractivity contribution in [3.05, 3.63) is 54.5 Å². The van der Waals surface area contributed by atoms with Crippen molar-refractivity contribution in [2.75, 3.05) is 11.4 Å². The molecule has 0 unspecified atom stereocenters. The lowest BCUT2D eigenvalue weighted by atomic mass is 10.0. The third-order valence-electron chi connectivity index (χ3n) is 4.39. The van der Waals surface area contributed by atoms with Crippen molar-refractivity contribution in [1.29, 1.82) is 0 Å². The standard InChI is InChI=1S/C18H17N5O2/c24-17(16-13-6-1-2-7-14(13)21-22-16)20-15-8-4-10-23(18(15)25)12-5-3-9-19-11-12/h1-3,5-7,9,11,15H,4,8,10H2,(H,20,24)(H,21,22)/t15-/m0/s1. The summed E-state index contributed by atoms with van der Waals surface area (Å²) in [5.41, 5.74) is 1.85. The molecule has 1 atom stereocenters. The van der Waals surface area contributed by atoms with Crippen LogP contribution >= 0.6 is 0 Å². The first-order valence-corrected chi connectivity index (χ1v) is 8.19. The van der Waals surface area contributed by atoms with Gasteiger partial charge in [0.15, 0.2) is 5.69 Å². The number of carbonyl (C=O) groups is 2. The molecule has 0 radical (unpaired) electrons. The molecule has 1 aliphatic heterocycles. The van der Waals surface area contributed by atoms with Gasteiger partial charge in [0.1, 0.15) is 6.04 Å². The highest BCUT2D eigenvalue weighted by Gasteiger charge is 2.31. The number of fused-ring (bicyclic) bond motifs is 1. The molecule has 1 aliphatic rings. The van der Waals surface area contributed by atoms with E-state index in [0.29, 0.717) is 18.7 Å². The van der Waals surface area contributed by atoms with Crippen LogP contribution in [0, 0.1) is 0 Å². The molecular weight excluding hydrogens is 318 g/mol. The van der Waals surface area contributed by atoms with E-state index in [1.807, 2.05) is 30.3 Å². The van der Waals surface area contributed by atoms with Gasteiger partial charge in [-0.2, -0.15) is 5.10 Å². The smallest absolute Gasteiger partial charge is 0.273 e. The fourth-order valence-corrected chi connectivity index (χ4v) is 3.14. The van der Waals surface area contributed by atoms with Crippen molar-refractivity contribution in [3.8, 4) is 0 Å². The SMILES string of the molecule is O=C(N[C@H]1CCCN(c2cccnc2)C1=O)c1n[nH]c2ccccc12. The second kappa shape index (κ2) is 6.35. The van der Waals surface area contributed by atoms with Gasteiger partial charge in [0, 0.05) is 18.1 Å². The minimum absolute atomic E-state index is 0.118. The Balaban J connectivity index is 1.54. The molecule has 7 heteroatoms. The number of anilines is 1. The van der Waals surface area contributed by atoms with Crippen LogP contribution in [0.1, 0.15) is 23.3 Å². The Morgan fingerprint density at radius 1 is 1.24 bits per heavy atom. The Hall–Kier alpha value is -3.22. The zero-order valence-corrected chi connectivity index (χ0v) is 13.5. The molecule has 1 aromatic carbocycles. The number of H-pyrrole nitrogens is 1. The van der Waals surface area contributed by atoms with Crippen LogP contribution in [0.25, 0.3) is 10.9 Å². The Morgan fingerprint density at radius 2 is 2.12 bits per heavy atom. The van der Waals surface area contributed by atoms with Crippen molar-refractivity contribution in [2.45, 2.75) is 18.9 Å². The number of rotatable bonds is 3. The first-order valence-electron chi connectivity index (χ1n) is 8.19. The number of benzene rings is 1. The molecule has 2 aromatic heterocycles. The average molecular weight is 335 g/mol. The summed E-state index contributed by atoms with van der Waals surface area (Å²) in [6.07, 6.45) is 4.75. The van der Waals surface area contributed by atoms with Crippen molar-refractivity contribution in [3.63, 3.8) is 0 Å². The van der Waals surface area contributed by atoms with E-state index in [-0.39, 0.29) is 11.8 Å². The van der Waals surface area contributed by atoms with Gasteiger partial charge < -0.3 is 10.2 Å². The minimum atomic E-state index is -0.558. The number of amides is 2. The lowest BCUT2D eigenvalue weighted by Gasteiger charge is -2.32. The number of aromatic amines is 1. The van der Waals surface area contributed by atoms with Gasteiger partial charge in [-0.3, -0.25) is 19.7 Å². The molecule has 4 rings (SSSR count). The van der Waals surface area contributed by atoms with Gasteiger partial charge in [-0.15, -0.1) is 0 Å². The molecule has 0 aliphatic carbocycles. The Morgan fingerprint density at radius 3 is 2.96 bits per heavy atom. The molecule has 1 fully saturated rings. The van der Waals surface area contributed by atoms with E-state index < -0.39 is 6.04 Å². The topological polar surface area (TPSA) is 91.0 Å². The van der Waals surface area contributed by atoms with E-state index in [4.69, 9.17) is 0 Å². The molecule has 0 spiro atoms. The zero-order valence-electron chi connectivity index (χ0n) is 13.5. The molecule has 7 nitrogen and oxygen atoms in total. The van der Waals surface area contributed by atoms with Gasteiger partial charge in [-0.05, 0) is 31.0 Å². The maximum Gasteiger partial charge on any atom is 0.273 e. The fraction of sp³-hybridized carbons (Fsp3) is 0.222. The predicted molar refractivity (Wildman–Crippen MR) is 93.2 cm³/mol. The molecule has 3 aromatic rings. The summed E-state index contributed by atoms with van der Waals surface area (Å²) in [6, 6.07) is 10.5. The second-order valence-electron chi connectivity index (χ2n) is 5.99. The summed E-state index contributed by atoms with van der Waals surface area (Å²) in [5.74, 6) is -0.462. The summed E-state index contributed by atoms with van der Waals surface area (Å²) in [5, 5.41) is 10.5. The molecule has 1 saturated heterocycles. The quantitative estimate of drug-likeness (QED) is 0.764. The molecule has 25 heavy (non-hydrogen) atoms. The minimum Gasteiger partial charge on any atom is -0.339 e. The lowest BCUT2D eigenvalue weighted by molar-refractivity contribution is -0.121. The van der Waals surface area contributed by atoms with Gasteiger partial charge in [0.2, 0.25) is 5.91 Å². The van der Waals surface area contributed by atoms with Gasteiger partial charge >= 0.3 is 0 Å². The van der Waals surface area contributed by atoms with Crippen molar-refractivity contribution in [2.24, 2.45) is 0 Å². The first kappa shape index (κ1) is 15.3. The average Bonchev–Trinajstić information content (AvgIpc) is 3.08.